The molecule has 1 heterocycles. The van der Waals surface area contributed by atoms with Gasteiger partial charge in [-0.2, -0.15) is 11.8 Å². The largest absolute Gasteiger partial charge is 0.475 e. The monoisotopic (exact) mass is 229 g/mol. The number of carboxylic acid groups (broad SMARTS) is 1. The van der Waals surface area contributed by atoms with Crippen LogP contribution in [0.1, 0.15) is 34.9 Å². The van der Waals surface area contributed by atoms with E-state index in [4.69, 9.17) is 15.3 Å². The van der Waals surface area contributed by atoms with Crippen molar-refractivity contribution in [3.8, 4) is 0 Å². The molecule has 3 N–H and O–H groups in total. The molecular weight excluding hydrogens is 214 g/mol. The first-order chi connectivity index (χ1) is 7.15. The lowest BCUT2D eigenvalue weighted by Gasteiger charge is -2.06. The van der Waals surface area contributed by atoms with Crippen molar-refractivity contribution in [2.45, 2.75) is 18.6 Å². The third-order valence-electron chi connectivity index (χ3n) is 1.95. The van der Waals surface area contributed by atoms with Crippen LogP contribution >= 0.6 is 11.8 Å². The second-order valence-corrected chi connectivity index (χ2v) is 4.61. The molecule has 1 atom stereocenters. The zero-order chi connectivity index (χ0) is 11.3. The summed E-state index contributed by atoms with van der Waals surface area (Å²) in [4.78, 5) is 10.6. The van der Waals surface area contributed by atoms with E-state index in [0.29, 0.717) is 12.3 Å². The average Bonchev–Trinajstić information content (AvgIpc) is 2.66. The summed E-state index contributed by atoms with van der Waals surface area (Å²) in [6, 6.07) is 3.20. The minimum absolute atomic E-state index is 0.00345. The first-order valence-electron chi connectivity index (χ1n) is 4.80. The molecule has 1 unspecified atom stereocenters. The van der Waals surface area contributed by atoms with Crippen molar-refractivity contribution >= 4 is 17.7 Å². The van der Waals surface area contributed by atoms with Crippen molar-refractivity contribution in [2.24, 2.45) is 5.73 Å². The maximum atomic E-state index is 10.6. The number of thioether (sulfide) groups is 1. The van der Waals surface area contributed by atoms with Crippen LogP contribution in [0.4, 0.5) is 0 Å². The second kappa shape index (κ2) is 5.82. The molecule has 0 aliphatic heterocycles. The molecule has 1 aromatic rings. The quantitative estimate of drug-likeness (QED) is 0.731. The summed E-state index contributed by atoms with van der Waals surface area (Å²) < 4.78 is 5.19. The van der Waals surface area contributed by atoms with Gasteiger partial charge in [-0.05, 0) is 37.8 Å². The number of rotatable bonds is 6. The Bertz CT molecular complexity index is 324. The van der Waals surface area contributed by atoms with Gasteiger partial charge in [0.1, 0.15) is 5.76 Å². The van der Waals surface area contributed by atoms with E-state index >= 15 is 0 Å². The topological polar surface area (TPSA) is 76.5 Å². The molecule has 0 saturated heterocycles. The molecule has 0 fully saturated rings. The van der Waals surface area contributed by atoms with E-state index in [1.807, 2.05) is 6.92 Å². The Morgan fingerprint density at radius 3 is 2.93 bits per heavy atom. The van der Waals surface area contributed by atoms with Crippen LogP contribution in [-0.4, -0.2) is 23.4 Å². The van der Waals surface area contributed by atoms with Crippen molar-refractivity contribution in [1.29, 1.82) is 0 Å². The average molecular weight is 229 g/mol. The highest BCUT2D eigenvalue weighted by Crippen LogP contribution is 2.29. The van der Waals surface area contributed by atoms with Crippen LogP contribution in [0.3, 0.4) is 0 Å². The molecule has 0 bridgehead atoms. The molecule has 5 heteroatoms. The molecule has 0 amide bonds. The third kappa shape index (κ3) is 3.60. The van der Waals surface area contributed by atoms with Crippen molar-refractivity contribution in [2.75, 3.05) is 12.3 Å². The fourth-order valence-corrected chi connectivity index (χ4v) is 2.09. The van der Waals surface area contributed by atoms with Crippen LogP contribution < -0.4 is 5.73 Å². The Kier molecular flexibility index (Phi) is 4.71. The molecule has 0 radical (unpaired) electrons. The third-order valence-corrected chi connectivity index (χ3v) is 3.21. The fourth-order valence-electron chi connectivity index (χ4n) is 1.11. The summed E-state index contributed by atoms with van der Waals surface area (Å²) in [7, 11) is 0. The number of nitrogens with two attached hydrogens (primary N) is 1. The van der Waals surface area contributed by atoms with Crippen molar-refractivity contribution < 1.29 is 14.3 Å². The summed E-state index contributed by atoms with van der Waals surface area (Å²) in [6.45, 7) is 2.67. The van der Waals surface area contributed by atoms with Crippen LogP contribution in [0, 0.1) is 0 Å². The van der Waals surface area contributed by atoms with Gasteiger partial charge in [0.15, 0.2) is 0 Å². The SMILES string of the molecule is CC(SCCCN)c1ccc(C(=O)O)o1. The molecule has 84 valence electrons. The Hall–Kier alpha value is -0.940. The summed E-state index contributed by atoms with van der Waals surface area (Å²) in [5, 5.41) is 8.85. The van der Waals surface area contributed by atoms with E-state index in [1.165, 1.54) is 6.07 Å². The van der Waals surface area contributed by atoms with Gasteiger partial charge >= 0.3 is 5.97 Å². The normalized spacial score (nSPS) is 12.7. The van der Waals surface area contributed by atoms with Crippen LogP contribution in [0.5, 0.6) is 0 Å². The van der Waals surface area contributed by atoms with Crippen LogP contribution in [-0.2, 0) is 0 Å². The Morgan fingerprint density at radius 2 is 2.40 bits per heavy atom. The lowest BCUT2D eigenvalue weighted by molar-refractivity contribution is 0.0660. The first-order valence-corrected chi connectivity index (χ1v) is 5.84. The second-order valence-electron chi connectivity index (χ2n) is 3.16. The molecule has 0 aliphatic rings. The fraction of sp³-hybridized carbons (Fsp3) is 0.500. The van der Waals surface area contributed by atoms with E-state index in [0.717, 1.165) is 12.2 Å². The lowest BCUT2D eigenvalue weighted by Crippen LogP contribution is -2.00. The van der Waals surface area contributed by atoms with Gasteiger partial charge in [-0.15, -0.1) is 0 Å². The molecule has 15 heavy (non-hydrogen) atoms. The number of carboxylic acids is 1. The Labute approximate surface area is 92.8 Å². The summed E-state index contributed by atoms with van der Waals surface area (Å²) in [6.07, 6.45) is 0.960. The highest BCUT2D eigenvalue weighted by atomic mass is 32.2. The molecule has 1 rings (SSSR count). The highest BCUT2D eigenvalue weighted by molar-refractivity contribution is 7.99. The number of hydrogen-bond donors (Lipinski definition) is 2. The van der Waals surface area contributed by atoms with Crippen molar-refractivity contribution in [3.05, 3.63) is 23.7 Å². The smallest absolute Gasteiger partial charge is 0.371 e. The Balaban J connectivity index is 2.50. The number of carbonyl (C=O) groups is 1. The van der Waals surface area contributed by atoms with Crippen molar-refractivity contribution in [1.82, 2.24) is 0 Å². The van der Waals surface area contributed by atoms with E-state index in [9.17, 15) is 4.79 Å². The first kappa shape index (κ1) is 12.1. The van der Waals surface area contributed by atoms with Gasteiger partial charge in [-0.3, -0.25) is 0 Å². The van der Waals surface area contributed by atoms with Gasteiger partial charge in [0.25, 0.3) is 0 Å². The predicted molar refractivity (Wildman–Crippen MR) is 60.2 cm³/mol. The van der Waals surface area contributed by atoms with Gasteiger partial charge in [-0.25, -0.2) is 4.79 Å². The maximum Gasteiger partial charge on any atom is 0.371 e. The van der Waals surface area contributed by atoms with Crippen LogP contribution in [0.15, 0.2) is 16.5 Å². The maximum absolute atomic E-state index is 10.6. The van der Waals surface area contributed by atoms with E-state index < -0.39 is 5.97 Å². The summed E-state index contributed by atoms with van der Waals surface area (Å²) >= 11 is 1.71. The van der Waals surface area contributed by atoms with E-state index in [-0.39, 0.29) is 11.0 Å². The number of furan rings is 1. The Morgan fingerprint density at radius 1 is 1.67 bits per heavy atom. The van der Waals surface area contributed by atoms with Gasteiger partial charge in [0.05, 0.1) is 5.25 Å². The van der Waals surface area contributed by atoms with E-state index in [2.05, 4.69) is 0 Å². The van der Waals surface area contributed by atoms with Gasteiger partial charge in [0, 0.05) is 0 Å². The molecular formula is C10H15NO3S. The standard InChI is InChI=1S/C10H15NO3S/c1-7(15-6-2-5-11)8-3-4-9(14-8)10(12)13/h3-4,7H,2,5-6,11H2,1H3,(H,12,13). The molecule has 0 saturated carbocycles. The van der Waals surface area contributed by atoms with Crippen molar-refractivity contribution in [3.63, 3.8) is 0 Å². The molecule has 1 aromatic heterocycles. The van der Waals surface area contributed by atoms with Crippen LogP contribution in [0.25, 0.3) is 0 Å². The summed E-state index contributed by atoms with van der Waals surface area (Å²) in [5.74, 6) is 0.631. The van der Waals surface area contributed by atoms with Gasteiger partial charge in [-0.1, -0.05) is 0 Å². The molecule has 0 aromatic carbocycles. The molecule has 0 spiro atoms. The van der Waals surface area contributed by atoms with Crippen LogP contribution in [0.2, 0.25) is 0 Å². The zero-order valence-corrected chi connectivity index (χ0v) is 9.42. The zero-order valence-electron chi connectivity index (χ0n) is 8.60. The molecule has 0 aliphatic carbocycles. The number of aromatic carboxylic acids is 1. The number of hydrogen-bond acceptors (Lipinski definition) is 4. The predicted octanol–water partition coefficient (Wildman–Crippen LogP) is 2.12. The minimum atomic E-state index is -1.03. The minimum Gasteiger partial charge on any atom is -0.475 e. The van der Waals surface area contributed by atoms with Gasteiger partial charge in [0.2, 0.25) is 5.76 Å². The van der Waals surface area contributed by atoms with Gasteiger partial charge < -0.3 is 15.3 Å². The molecule has 4 nitrogen and oxygen atoms in total. The highest BCUT2D eigenvalue weighted by Gasteiger charge is 2.13. The summed E-state index contributed by atoms with van der Waals surface area (Å²) in [5.41, 5.74) is 5.38. The lowest BCUT2D eigenvalue weighted by atomic mass is 10.3. The van der Waals surface area contributed by atoms with E-state index in [1.54, 1.807) is 17.8 Å².